The lowest BCUT2D eigenvalue weighted by molar-refractivity contribution is 0.484. The summed E-state index contributed by atoms with van der Waals surface area (Å²) in [6, 6.07) is 4.15. The molecule has 2 N–H and O–H groups in total. The monoisotopic (exact) mass is 333 g/mol. The van der Waals surface area contributed by atoms with Crippen LogP contribution in [0.3, 0.4) is 0 Å². The SMILES string of the molecule is O=S(=O)(O)CCS(=O)(=O)Nc1cc(Cl)ccc1Cl. The van der Waals surface area contributed by atoms with Crippen molar-refractivity contribution >= 4 is 49.0 Å². The maximum atomic E-state index is 11.5. The summed E-state index contributed by atoms with van der Waals surface area (Å²) in [5.74, 6) is -1.69. The zero-order valence-electron chi connectivity index (χ0n) is 8.80. The van der Waals surface area contributed by atoms with Gasteiger partial charge in [0.2, 0.25) is 10.0 Å². The quantitative estimate of drug-likeness (QED) is 0.797. The molecule has 1 aromatic rings. The van der Waals surface area contributed by atoms with Gasteiger partial charge in [0.25, 0.3) is 10.1 Å². The second-order valence-electron chi connectivity index (χ2n) is 3.33. The van der Waals surface area contributed by atoms with Crippen molar-refractivity contribution in [2.24, 2.45) is 0 Å². The summed E-state index contributed by atoms with van der Waals surface area (Å²) in [7, 11) is -8.29. The Morgan fingerprint density at radius 1 is 1.11 bits per heavy atom. The van der Waals surface area contributed by atoms with Gasteiger partial charge < -0.3 is 0 Å². The van der Waals surface area contributed by atoms with E-state index in [1.165, 1.54) is 18.2 Å². The Kier molecular flexibility index (Phi) is 4.84. The fourth-order valence-corrected chi connectivity index (χ4v) is 3.73. The van der Waals surface area contributed by atoms with Gasteiger partial charge in [0, 0.05) is 5.02 Å². The smallest absolute Gasteiger partial charge is 0.265 e. The summed E-state index contributed by atoms with van der Waals surface area (Å²) in [4.78, 5) is 0. The predicted molar refractivity (Wildman–Crippen MR) is 70.3 cm³/mol. The van der Waals surface area contributed by atoms with Gasteiger partial charge in [-0.05, 0) is 18.2 Å². The van der Waals surface area contributed by atoms with Crippen LogP contribution >= 0.6 is 23.2 Å². The first kappa shape index (κ1) is 15.5. The van der Waals surface area contributed by atoms with Crippen molar-refractivity contribution in [3.05, 3.63) is 28.2 Å². The van der Waals surface area contributed by atoms with Crippen molar-refractivity contribution in [1.82, 2.24) is 0 Å². The number of anilines is 1. The maximum Gasteiger partial charge on any atom is 0.265 e. The predicted octanol–water partition coefficient (Wildman–Crippen LogP) is 1.62. The minimum absolute atomic E-state index is 0.0412. The molecule has 10 heteroatoms. The highest BCUT2D eigenvalue weighted by Gasteiger charge is 2.17. The third-order valence-electron chi connectivity index (χ3n) is 1.80. The number of hydrogen-bond acceptors (Lipinski definition) is 4. The lowest BCUT2D eigenvalue weighted by Gasteiger charge is -2.09. The molecule has 0 atom stereocenters. The number of halogens is 2. The van der Waals surface area contributed by atoms with Gasteiger partial charge in [0.1, 0.15) is 0 Å². The van der Waals surface area contributed by atoms with Gasteiger partial charge in [-0.3, -0.25) is 9.27 Å². The maximum absolute atomic E-state index is 11.5. The van der Waals surface area contributed by atoms with Crippen molar-refractivity contribution in [2.45, 2.75) is 0 Å². The minimum atomic E-state index is -4.35. The van der Waals surface area contributed by atoms with E-state index in [2.05, 4.69) is 4.72 Å². The molecule has 6 nitrogen and oxygen atoms in total. The van der Waals surface area contributed by atoms with Crippen LogP contribution in [0.1, 0.15) is 0 Å². The molecule has 0 radical (unpaired) electrons. The summed E-state index contributed by atoms with van der Waals surface area (Å²) >= 11 is 11.4. The lowest BCUT2D eigenvalue weighted by atomic mass is 10.3. The summed E-state index contributed by atoms with van der Waals surface area (Å²) in [5.41, 5.74) is 0.0412. The van der Waals surface area contributed by atoms with Gasteiger partial charge in [-0.2, -0.15) is 8.42 Å². The van der Waals surface area contributed by atoms with E-state index in [0.717, 1.165) is 0 Å². The fourth-order valence-electron chi connectivity index (χ4n) is 1.01. The van der Waals surface area contributed by atoms with Crippen LogP contribution in [0.5, 0.6) is 0 Å². The van der Waals surface area contributed by atoms with E-state index in [4.69, 9.17) is 27.8 Å². The number of rotatable bonds is 5. The van der Waals surface area contributed by atoms with Crippen LogP contribution in [-0.4, -0.2) is 32.9 Å². The molecular weight excluding hydrogens is 325 g/mol. The number of nitrogens with one attached hydrogen (secondary N) is 1. The van der Waals surface area contributed by atoms with E-state index < -0.39 is 31.6 Å². The summed E-state index contributed by atoms with van der Waals surface area (Å²) < 4.78 is 54.5. The average Bonchev–Trinajstić information content (AvgIpc) is 2.20. The van der Waals surface area contributed by atoms with Crippen LogP contribution in [-0.2, 0) is 20.1 Å². The largest absolute Gasteiger partial charge is 0.286 e. The molecule has 0 aliphatic rings. The van der Waals surface area contributed by atoms with Crippen LogP contribution in [0.15, 0.2) is 18.2 Å². The Hall–Kier alpha value is -0.540. The van der Waals surface area contributed by atoms with Crippen molar-refractivity contribution in [3.8, 4) is 0 Å². The summed E-state index contributed by atoms with van der Waals surface area (Å²) in [6.45, 7) is 0. The van der Waals surface area contributed by atoms with Crippen molar-refractivity contribution < 1.29 is 21.4 Å². The van der Waals surface area contributed by atoms with Gasteiger partial charge in [0.15, 0.2) is 0 Å². The highest BCUT2D eigenvalue weighted by molar-refractivity contribution is 7.94. The molecule has 18 heavy (non-hydrogen) atoms. The van der Waals surface area contributed by atoms with Crippen LogP contribution in [0, 0.1) is 0 Å². The Bertz CT molecular complexity index is 641. The first-order chi connectivity index (χ1) is 8.09. The van der Waals surface area contributed by atoms with Gasteiger partial charge in [-0.1, -0.05) is 23.2 Å². The van der Waals surface area contributed by atoms with Crippen molar-refractivity contribution in [2.75, 3.05) is 16.2 Å². The van der Waals surface area contributed by atoms with Gasteiger partial charge in [0.05, 0.1) is 22.2 Å². The fraction of sp³-hybridized carbons (Fsp3) is 0.250. The van der Waals surface area contributed by atoms with Gasteiger partial charge in [-0.15, -0.1) is 0 Å². The topological polar surface area (TPSA) is 101 Å². The molecule has 0 fully saturated rings. The molecule has 0 saturated carbocycles. The molecule has 0 aliphatic heterocycles. The first-order valence-corrected chi connectivity index (χ1v) is 8.51. The second-order valence-corrected chi connectivity index (χ2v) is 7.59. The van der Waals surface area contributed by atoms with E-state index >= 15 is 0 Å². The Morgan fingerprint density at radius 3 is 2.28 bits per heavy atom. The number of sulfonamides is 1. The molecule has 0 aliphatic carbocycles. The molecule has 0 amide bonds. The standard InChI is InChI=1S/C8H9Cl2NO5S2/c9-6-1-2-7(10)8(5-6)11-17(12,13)3-4-18(14,15)16/h1-2,5,11H,3-4H2,(H,14,15,16). The molecular formula is C8H9Cl2NO5S2. The molecule has 0 aromatic heterocycles. The molecule has 102 valence electrons. The molecule has 0 bridgehead atoms. The van der Waals surface area contributed by atoms with Crippen molar-refractivity contribution in [1.29, 1.82) is 0 Å². The normalized spacial score (nSPS) is 12.4. The highest BCUT2D eigenvalue weighted by Crippen LogP contribution is 2.26. The third kappa shape index (κ3) is 5.40. The Labute approximate surface area is 115 Å². The van der Waals surface area contributed by atoms with Crippen LogP contribution in [0.25, 0.3) is 0 Å². The molecule has 0 spiro atoms. The number of benzene rings is 1. The highest BCUT2D eigenvalue weighted by atomic mass is 35.5. The van der Waals surface area contributed by atoms with E-state index in [9.17, 15) is 16.8 Å². The Balaban J connectivity index is 2.86. The molecule has 1 rings (SSSR count). The van der Waals surface area contributed by atoms with E-state index in [1.54, 1.807) is 0 Å². The molecule has 0 unspecified atom stereocenters. The zero-order chi connectivity index (χ0) is 14.0. The minimum Gasteiger partial charge on any atom is -0.286 e. The summed E-state index contributed by atoms with van der Waals surface area (Å²) in [6.07, 6.45) is 0. The zero-order valence-corrected chi connectivity index (χ0v) is 11.9. The third-order valence-corrected chi connectivity index (χ3v) is 4.62. The molecule has 1 aromatic carbocycles. The van der Waals surface area contributed by atoms with Gasteiger partial charge >= 0.3 is 0 Å². The van der Waals surface area contributed by atoms with Gasteiger partial charge in [-0.25, -0.2) is 8.42 Å². The first-order valence-electron chi connectivity index (χ1n) is 4.50. The lowest BCUT2D eigenvalue weighted by Crippen LogP contribution is -2.22. The van der Waals surface area contributed by atoms with Crippen molar-refractivity contribution in [3.63, 3.8) is 0 Å². The Morgan fingerprint density at radius 2 is 1.72 bits per heavy atom. The molecule has 0 heterocycles. The van der Waals surface area contributed by atoms with E-state index in [0.29, 0.717) is 0 Å². The van der Waals surface area contributed by atoms with E-state index in [-0.39, 0.29) is 15.7 Å². The van der Waals surface area contributed by atoms with Crippen LogP contribution < -0.4 is 4.72 Å². The van der Waals surface area contributed by atoms with E-state index in [1.807, 2.05) is 0 Å². The van der Waals surface area contributed by atoms with Crippen LogP contribution in [0.4, 0.5) is 5.69 Å². The molecule has 0 saturated heterocycles. The van der Waals surface area contributed by atoms with Crippen LogP contribution in [0.2, 0.25) is 10.0 Å². The second kappa shape index (κ2) is 5.62. The number of hydrogen-bond donors (Lipinski definition) is 2. The average molecular weight is 334 g/mol. The summed E-state index contributed by atoms with van der Waals surface area (Å²) in [5, 5.41) is 0.390.